The quantitative estimate of drug-likeness (QED) is 0.782. The second kappa shape index (κ2) is 9.23. The third kappa shape index (κ3) is 6.24. The van der Waals surface area contributed by atoms with Crippen molar-refractivity contribution in [3.05, 3.63) is 70.7 Å². The second-order valence-electron chi connectivity index (χ2n) is 6.12. The van der Waals surface area contributed by atoms with Crippen LogP contribution in [0.2, 0.25) is 5.02 Å². The summed E-state index contributed by atoms with van der Waals surface area (Å²) in [6.07, 6.45) is 1.14. The monoisotopic (exact) mass is 359 g/mol. The summed E-state index contributed by atoms with van der Waals surface area (Å²) in [5.74, 6) is -1.20. The number of amides is 1. The zero-order valence-electron chi connectivity index (χ0n) is 14.2. The molecule has 0 bridgehead atoms. The number of carbonyl (C=O) groups is 2. The number of rotatable bonds is 8. The van der Waals surface area contributed by atoms with E-state index in [1.807, 2.05) is 54.6 Å². The Morgan fingerprint density at radius 3 is 2.12 bits per heavy atom. The Morgan fingerprint density at radius 2 is 1.56 bits per heavy atom. The molecule has 132 valence electrons. The first-order valence-electron chi connectivity index (χ1n) is 8.21. The highest BCUT2D eigenvalue weighted by atomic mass is 35.5. The third-order valence-corrected chi connectivity index (χ3v) is 4.36. The first kappa shape index (κ1) is 19.0. The number of carbonyl (C=O) groups excluding carboxylic acids is 1. The van der Waals surface area contributed by atoms with E-state index >= 15 is 0 Å². The smallest absolute Gasteiger partial charge is 0.305 e. The Hall–Kier alpha value is -2.33. The van der Waals surface area contributed by atoms with Crippen LogP contribution in [-0.2, 0) is 22.4 Å². The molecule has 1 amide bonds. The van der Waals surface area contributed by atoms with Gasteiger partial charge in [-0.2, -0.15) is 0 Å². The van der Waals surface area contributed by atoms with Gasteiger partial charge in [-0.1, -0.05) is 54.1 Å². The molecule has 0 saturated carbocycles. The van der Waals surface area contributed by atoms with Gasteiger partial charge in [-0.05, 0) is 36.1 Å². The summed E-state index contributed by atoms with van der Waals surface area (Å²) in [5.41, 5.74) is 2.12. The lowest BCUT2D eigenvalue weighted by atomic mass is 9.91. The molecule has 0 aliphatic rings. The number of hydrogen-bond acceptors (Lipinski definition) is 2. The minimum atomic E-state index is -0.906. The van der Waals surface area contributed by atoms with Gasteiger partial charge in [0.05, 0.1) is 6.42 Å². The molecule has 1 atom stereocenters. The minimum Gasteiger partial charge on any atom is -0.481 e. The molecule has 0 radical (unpaired) electrons. The molecule has 0 saturated heterocycles. The zero-order valence-corrected chi connectivity index (χ0v) is 14.9. The number of hydrogen-bond donors (Lipinski definition) is 1. The van der Waals surface area contributed by atoms with Gasteiger partial charge in [0.2, 0.25) is 5.91 Å². The fourth-order valence-electron chi connectivity index (χ4n) is 2.74. The summed E-state index contributed by atoms with van der Waals surface area (Å²) < 4.78 is 0. The van der Waals surface area contributed by atoms with Crippen LogP contribution in [0.15, 0.2) is 54.6 Å². The van der Waals surface area contributed by atoms with Crippen molar-refractivity contribution in [2.45, 2.75) is 19.3 Å². The molecule has 1 unspecified atom stereocenters. The average molecular weight is 360 g/mol. The fraction of sp³-hybridized carbons (Fsp3) is 0.300. The Kier molecular flexibility index (Phi) is 7.02. The third-order valence-electron chi connectivity index (χ3n) is 4.11. The van der Waals surface area contributed by atoms with E-state index in [-0.39, 0.29) is 24.8 Å². The first-order chi connectivity index (χ1) is 12.0. The Labute approximate surface area is 153 Å². The van der Waals surface area contributed by atoms with Gasteiger partial charge >= 0.3 is 5.97 Å². The molecule has 0 aliphatic heterocycles. The van der Waals surface area contributed by atoms with Crippen molar-refractivity contribution in [2.75, 3.05) is 13.6 Å². The lowest BCUT2D eigenvalue weighted by Crippen LogP contribution is -2.36. The van der Waals surface area contributed by atoms with Crippen LogP contribution in [0.3, 0.4) is 0 Å². The predicted octanol–water partition coefficient (Wildman–Crippen LogP) is 3.67. The Bertz CT molecular complexity index is 701. The molecule has 25 heavy (non-hydrogen) atoms. The van der Waals surface area contributed by atoms with E-state index in [0.29, 0.717) is 17.9 Å². The normalized spacial score (nSPS) is 11.8. The van der Waals surface area contributed by atoms with E-state index < -0.39 is 5.97 Å². The molecule has 0 fully saturated rings. The molecule has 1 N–H and O–H groups in total. The molecule has 2 aromatic rings. The fourth-order valence-corrected chi connectivity index (χ4v) is 2.86. The number of carboxylic acid groups (broad SMARTS) is 1. The molecule has 0 aliphatic carbocycles. The summed E-state index contributed by atoms with van der Waals surface area (Å²) in [6.45, 7) is 0.208. The maximum atomic E-state index is 12.8. The average Bonchev–Trinajstić information content (AvgIpc) is 2.61. The van der Waals surface area contributed by atoms with Crippen molar-refractivity contribution in [1.82, 2.24) is 4.90 Å². The lowest BCUT2D eigenvalue weighted by molar-refractivity contribution is -0.139. The Balaban J connectivity index is 2.14. The van der Waals surface area contributed by atoms with Gasteiger partial charge < -0.3 is 10.0 Å². The highest BCUT2D eigenvalue weighted by Gasteiger charge is 2.23. The number of carboxylic acids is 1. The van der Waals surface area contributed by atoms with Crippen LogP contribution in [0, 0.1) is 5.92 Å². The van der Waals surface area contributed by atoms with Crippen molar-refractivity contribution in [1.29, 1.82) is 0 Å². The molecule has 4 nitrogen and oxygen atoms in total. The van der Waals surface area contributed by atoms with E-state index in [0.717, 1.165) is 11.1 Å². The maximum absolute atomic E-state index is 12.8. The Morgan fingerprint density at radius 1 is 1.00 bits per heavy atom. The first-order valence-corrected chi connectivity index (χ1v) is 8.58. The molecule has 2 rings (SSSR count). The molecule has 0 spiro atoms. The van der Waals surface area contributed by atoms with Gasteiger partial charge in [-0.3, -0.25) is 9.59 Å². The van der Waals surface area contributed by atoms with Crippen LogP contribution < -0.4 is 0 Å². The summed E-state index contributed by atoms with van der Waals surface area (Å²) in [5, 5.41) is 9.49. The van der Waals surface area contributed by atoms with E-state index in [2.05, 4.69) is 0 Å². The zero-order chi connectivity index (χ0) is 18.2. The topological polar surface area (TPSA) is 57.6 Å². The minimum absolute atomic E-state index is 0.0416. The summed E-state index contributed by atoms with van der Waals surface area (Å²) in [4.78, 5) is 25.1. The van der Waals surface area contributed by atoms with Gasteiger partial charge in [-0.25, -0.2) is 0 Å². The maximum Gasteiger partial charge on any atom is 0.305 e. The van der Waals surface area contributed by atoms with Crippen LogP contribution in [0.5, 0.6) is 0 Å². The van der Waals surface area contributed by atoms with E-state index in [1.165, 1.54) is 4.90 Å². The predicted molar refractivity (Wildman–Crippen MR) is 98.7 cm³/mol. The largest absolute Gasteiger partial charge is 0.481 e. The number of aliphatic carboxylic acids is 1. The van der Waals surface area contributed by atoms with E-state index in [1.54, 1.807) is 7.05 Å². The SMILES string of the molecule is CN(CCC(=O)O)C(=O)C(Cc1ccccc1)Cc1ccc(Cl)cc1. The molecular weight excluding hydrogens is 338 g/mol. The van der Waals surface area contributed by atoms with Crippen molar-refractivity contribution >= 4 is 23.5 Å². The molecule has 5 heteroatoms. The summed E-state index contributed by atoms with van der Waals surface area (Å²) in [7, 11) is 1.66. The second-order valence-corrected chi connectivity index (χ2v) is 6.56. The van der Waals surface area contributed by atoms with Crippen LogP contribution >= 0.6 is 11.6 Å². The number of nitrogens with zero attached hydrogens (tertiary/aromatic N) is 1. The van der Waals surface area contributed by atoms with Gasteiger partial charge in [0.1, 0.15) is 0 Å². The number of benzene rings is 2. The van der Waals surface area contributed by atoms with Gasteiger partial charge in [0, 0.05) is 24.5 Å². The highest BCUT2D eigenvalue weighted by Crippen LogP contribution is 2.19. The van der Waals surface area contributed by atoms with E-state index in [4.69, 9.17) is 16.7 Å². The summed E-state index contributed by atoms with van der Waals surface area (Å²) >= 11 is 5.93. The lowest BCUT2D eigenvalue weighted by Gasteiger charge is -2.24. The molecule has 0 heterocycles. The van der Waals surface area contributed by atoms with Crippen LogP contribution in [0.4, 0.5) is 0 Å². The van der Waals surface area contributed by atoms with Gasteiger partial charge in [-0.15, -0.1) is 0 Å². The van der Waals surface area contributed by atoms with E-state index in [9.17, 15) is 9.59 Å². The van der Waals surface area contributed by atoms with Crippen LogP contribution in [0.25, 0.3) is 0 Å². The van der Waals surface area contributed by atoms with Crippen molar-refractivity contribution in [2.24, 2.45) is 5.92 Å². The molecular formula is C20H22ClNO3. The van der Waals surface area contributed by atoms with Gasteiger partial charge in [0.15, 0.2) is 0 Å². The van der Waals surface area contributed by atoms with Crippen LogP contribution in [0.1, 0.15) is 17.5 Å². The van der Waals surface area contributed by atoms with Crippen molar-refractivity contribution in [3.63, 3.8) is 0 Å². The standard InChI is InChI=1S/C20H22ClNO3/c1-22(12-11-19(23)24)20(25)17(13-15-5-3-2-4-6-15)14-16-7-9-18(21)10-8-16/h2-10,17H,11-14H2,1H3,(H,23,24). The summed E-state index contributed by atoms with van der Waals surface area (Å²) in [6, 6.07) is 17.3. The van der Waals surface area contributed by atoms with Crippen molar-refractivity contribution in [3.8, 4) is 0 Å². The number of halogens is 1. The van der Waals surface area contributed by atoms with Crippen molar-refractivity contribution < 1.29 is 14.7 Å². The molecule has 2 aromatic carbocycles. The van der Waals surface area contributed by atoms with Gasteiger partial charge in [0.25, 0.3) is 0 Å². The van der Waals surface area contributed by atoms with Crippen LogP contribution in [-0.4, -0.2) is 35.5 Å². The molecule has 0 aromatic heterocycles. The highest BCUT2D eigenvalue weighted by molar-refractivity contribution is 6.30.